The average molecular weight is 404 g/mol. The van der Waals surface area contributed by atoms with Crippen molar-refractivity contribution in [3.05, 3.63) is 66.2 Å². The van der Waals surface area contributed by atoms with E-state index < -0.39 is 6.04 Å². The van der Waals surface area contributed by atoms with Gasteiger partial charge in [0.25, 0.3) is 11.8 Å². The van der Waals surface area contributed by atoms with Gasteiger partial charge in [-0.2, -0.15) is 0 Å². The highest BCUT2D eigenvalue weighted by atomic mass is 16.3. The van der Waals surface area contributed by atoms with Crippen molar-refractivity contribution in [2.45, 2.75) is 6.04 Å². The van der Waals surface area contributed by atoms with Crippen LogP contribution in [-0.2, 0) is 11.8 Å². The Labute approximate surface area is 172 Å². The first-order chi connectivity index (χ1) is 14.5. The highest BCUT2D eigenvalue weighted by Gasteiger charge is 2.40. The molecule has 1 unspecified atom stereocenters. The van der Waals surface area contributed by atoms with Crippen LogP contribution in [-0.4, -0.2) is 57.8 Å². The maximum Gasteiger partial charge on any atom is 0.270 e. The van der Waals surface area contributed by atoms with Gasteiger partial charge in [0.05, 0.1) is 24.1 Å². The largest absolute Gasteiger partial charge is 0.464 e. The Morgan fingerprint density at radius 3 is 2.73 bits per heavy atom. The first-order valence-corrected chi connectivity index (χ1v) is 9.73. The van der Waals surface area contributed by atoms with Crippen molar-refractivity contribution < 1.29 is 18.8 Å². The smallest absolute Gasteiger partial charge is 0.270 e. The van der Waals surface area contributed by atoms with E-state index in [4.69, 9.17) is 4.42 Å². The van der Waals surface area contributed by atoms with Crippen molar-refractivity contribution in [1.82, 2.24) is 14.4 Å². The second-order valence-corrected chi connectivity index (χ2v) is 7.50. The summed E-state index contributed by atoms with van der Waals surface area (Å²) < 4.78 is 7.18. The molecule has 152 valence electrons. The van der Waals surface area contributed by atoms with Crippen LogP contribution in [0.2, 0.25) is 0 Å². The lowest BCUT2D eigenvalue weighted by atomic mass is 10.1. The Morgan fingerprint density at radius 2 is 2.00 bits per heavy atom. The van der Waals surface area contributed by atoms with E-state index in [9.17, 15) is 14.4 Å². The Bertz CT molecular complexity index is 1150. The van der Waals surface area contributed by atoms with Gasteiger partial charge in [0.1, 0.15) is 17.5 Å². The fourth-order valence-electron chi connectivity index (χ4n) is 4.08. The van der Waals surface area contributed by atoms with E-state index >= 15 is 0 Å². The van der Waals surface area contributed by atoms with Crippen LogP contribution in [0.25, 0.3) is 11.3 Å². The number of rotatable bonds is 2. The minimum atomic E-state index is -0.741. The van der Waals surface area contributed by atoms with Crippen LogP contribution < -0.4 is 5.32 Å². The number of hydrogen-bond donors (Lipinski definition) is 1. The third-order valence-electron chi connectivity index (χ3n) is 5.71. The number of hydrogen-bond acceptors (Lipinski definition) is 4. The van der Waals surface area contributed by atoms with Crippen LogP contribution in [0, 0.1) is 0 Å². The van der Waals surface area contributed by atoms with E-state index in [1.54, 1.807) is 70.3 Å². The average Bonchev–Trinajstić information content (AvgIpc) is 3.42. The van der Waals surface area contributed by atoms with Gasteiger partial charge in [0, 0.05) is 31.9 Å². The van der Waals surface area contributed by atoms with Gasteiger partial charge in [-0.05, 0) is 42.5 Å². The Morgan fingerprint density at radius 1 is 1.13 bits per heavy atom. The number of aromatic nitrogens is 1. The van der Waals surface area contributed by atoms with E-state index in [1.807, 2.05) is 6.07 Å². The predicted molar refractivity (Wildman–Crippen MR) is 109 cm³/mol. The molecule has 3 aromatic rings. The number of furan rings is 1. The van der Waals surface area contributed by atoms with Crippen LogP contribution in [0.15, 0.2) is 59.3 Å². The number of aryl methyl sites for hydroxylation is 1. The summed E-state index contributed by atoms with van der Waals surface area (Å²) in [7, 11) is 1.80. The summed E-state index contributed by atoms with van der Waals surface area (Å²) in [6.45, 7) is 0.810. The molecule has 1 atom stereocenters. The lowest BCUT2D eigenvalue weighted by Crippen LogP contribution is -2.59. The molecule has 2 aromatic heterocycles. The van der Waals surface area contributed by atoms with Crippen molar-refractivity contribution in [2.24, 2.45) is 7.05 Å². The van der Waals surface area contributed by atoms with Crippen LogP contribution in [0.5, 0.6) is 0 Å². The van der Waals surface area contributed by atoms with E-state index in [0.29, 0.717) is 29.2 Å². The van der Waals surface area contributed by atoms with Gasteiger partial charge in [-0.3, -0.25) is 14.4 Å². The van der Waals surface area contributed by atoms with Crippen molar-refractivity contribution in [1.29, 1.82) is 0 Å². The van der Waals surface area contributed by atoms with Crippen LogP contribution >= 0.6 is 0 Å². The van der Waals surface area contributed by atoms with E-state index in [-0.39, 0.29) is 30.8 Å². The summed E-state index contributed by atoms with van der Waals surface area (Å²) in [6, 6.07) is 11.7. The summed E-state index contributed by atoms with van der Waals surface area (Å²) in [5, 5.41) is 2.85. The molecule has 2 aliphatic heterocycles. The normalized spacial score (nSPS) is 18.5. The SMILES string of the molecule is Cn1cccc1C(=O)N1CCN2C(=O)c3cc(-c4ccco4)ccc3NC(=O)C2C1. The van der Waals surface area contributed by atoms with Crippen molar-refractivity contribution in [2.75, 3.05) is 25.0 Å². The zero-order valence-corrected chi connectivity index (χ0v) is 16.4. The lowest BCUT2D eigenvalue weighted by Gasteiger charge is -2.39. The molecular formula is C22H20N4O4. The van der Waals surface area contributed by atoms with Crippen molar-refractivity contribution in [3.8, 4) is 11.3 Å². The first kappa shape index (κ1) is 18.2. The minimum Gasteiger partial charge on any atom is -0.464 e. The Kier molecular flexibility index (Phi) is 4.20. The van der Waals surface area contributed by atoms with Gasteiger partial charge in [0.15, 0.2) is 0 Å². The summed E-state index contributed by atoms with van der Waals surface area (Å²) in [6.07, 6.45) is 3.38. The number of anilines is 1. The van der Waals surface area contributed by atoms with Gasteiger partial charge >= 0.3 is 0 Å². The molecule has 3 amide bonds. The number of piperazine rings is 1. The van der Waals surface area contributed by atoms with E-state index in [1.165, 1.54) is 0 Å². The molecule has 5 rings (SSSR count). The number of carbonyl (C=O) groups excluding carboxylic acids is 3. The molecule has 1 fully saturated rings. The summed E-state index contributed by atoms with van der Waals surface area (Å²) >= 11 is 0. The summed E-state index contributed by atoms with van der Waals surface area (Å²) in [5.41, 5.74) is 2.20. The van der Waals surface area contributed by atoms with E-state index in [0.717, 1.165) is 5.56 Å². The molecule has 8 nitrogen and oxygen atoms in total. The maximum atomic E-state index is 13.3. The number of amides is 3. The molecule has 2 aliphatic rings. The summed E-state index contributed by atoms with van der Waals surface area (Å²) in [4.78, 5) is 42.3. The predicted octanol–water partition coefficient (Wildman–Crippen LogP) is 2.20. The Hall–Kier alpha value is -3.81. The van der Waals surface area contributed by atoms with Gasteiger partial charge in [-0.25, -0.2) is 0 Å². The van der Waals surface area contributed by atoms with Crippen LogP contribution in [0.3, 0.4) is 0 Å². The molecule has 8 heteroatoms. The lowest BCUT2D eigenvalue weighted by molar-refractivity contribution is -0.121. The quantitative estimate of drug-likeness (QED) is 0.709. The first-order valence-electron chi connectivity index (χ1n) is 9.73. The third kappa shape index (κ3) is 2.88. The number of nitrogens with one attached hydrogen (secondary N) is 1. The number of fused-ring (bicyclic) bond motifs is 2. The van der Waals surface area contributed by atoms with Gasteiger partial charge in [0.2, 0.25) is 5.91 Å². The van der Waals surface area contributed by atoms with Gasteiger partial charge in [-0.1, -0.05) is 0 Å². The number of nitrogens with zero attached hydrogens (tertiary/aromatic N) is 3. The fraction of sp³-hybridized carbons (Fsp3) is 0.227. The molecule has 1 aromatic carbocycles. The van der Waals surface area contributed by atoms with Crippen LogP contribution in [0.1, 0.15) is 20.8 Å². The molecule has 30 heavy (non-hydrogen) atoms. The third-order valence-corrected chi connectivity index (χ3v) is 5.71. The topological polar surface area (TPSA) is 87.8 Å². The minimum absolute atomic E-state index is 0.149. The van der Waals surface area contributed by atoms with Crippen LogP contribution in [0.4, 0.5) is 5.69 Å². The molecule has 0 spiro atoms. The number of benzene rings is 1. The van der Waals surface area contributed by atoms with Crippen molar-refractivity contribution in [3.63, 3.8) is 0 Å². The molecule has 0 bridgehead atoms. The zero-order chi connectivity index (χ0) is 20.8. The monoisotopic (exact) mass is 404 g/mol. The molecule has 1 N–H and O–H groups in total. The van der Waals surface area contributed by atoms with Crippen molar-refractivity contribution >= 4 is 23.4 Å². The van der Waals surface area contributed by atoms with Gasteiger partial charge < -0.3 is 24.1 Å². The molecular weight excluding hydrogens is 384 g/mol. The highest BCUT2D eigenvalue weighted by molar-refractivity contribution is 6.11. The molecule has 0 aliphatic carbocycles. The standard InChI is InChI=1S/C22H20N4O4/c1-24-8-2-4-17(24)22(29)25-9-10-26-18(13-25)20(27)23-16-7-6-14(12-15(16)21(26)28)19-5-3-11-30-19/h2-8,11-12,18H,9-10,13H2,1H3,(H,23,27). The molecule has 4 heterocycles. The molecule has 1 saturated heterocycles. The molecule has 0 saturated carbocycles. The van der Waals surface area contributed by atoms with E-state index in [2.05, 4.69) is 5.32 Å². The number of carbonyl (C=O) groups is 3. The highest BCUT2D eigenvalue weighted by Crippen LogP contribution is 2.30. The van der Waals surface area contributed by atoms with Gasteiger partial charge in [-0.15, -0.1) is 0 Å². The molecule has 0 radical (unpaired) electrons. The Balaban J connectivity index is 1.44. The zero-order valence-electron chi connectivity index (χ0n) is 16.4. The fourth-order valence-corrected chi connectivity index (χ4v) is 4.08. The maximum absolute atomic E-state index is 13.3. The second-order valence-electron chi connectivity index (χ2n) is 7.50. The second kappa shape index (κ2) is 6.91. The summed E-state index contributed by atoms with van der Waals surface area (Å²) in [5.74, 6) is -0.0232.